The minimum absolute atomic E-state index is 0.288. The van der Waals surface area contributed by atoms with Crippen LogP contribution < -0.4 is 5.32 Å². The predicted octanol–water partition coefficient (Wildman–Crippen LogP) is -0.728. The Kier molecular flexibility index (Phi) is 3.12. The van der Waals surface area contributed by atoms with Crippen molar-refractivity contribution in [2.75, 3.05) is 33.3 Å². The standard InChI is InChI=1S/C7H16N2O/c1-8-7-2-3-9(6-7)4-5-10/h7-8,10H,2-6H2,1H3/t7-/m0/s1. The van der Waals surface area contributed by atoms with E-state index in [1.807, 2.05) is 7.05 Å². The van der Waals surface area contributed by atoms with E-state index in [-0.39, 0.29) is 6.61 Å². The molecule has 1 saturated heterocycles. The highest BCUT2D eigenvalue weighted by Gasteiger charge is 2.19. The maximum absolute atomic E-state index is 8.62. The van der Waals surface area contributed by atoms with Gasteiger partial charge in [0.2, 0.25) is 0 Å². The van der Waals surface area contributed by atoms with E-state index in [0.29, 0.717) is 6.04 Å². The predicted molar refractivity (Wildman–Crippen MR) is 41.0 cm³/mol. The molecule has 0 aromatic heterocycles. The lowest BCUT2D eigenvalue weighted by Gasteiger charge is -2.13. The molecule has 60 valence electrons. The Bertz CT molecular complexity index is 97.6. The van der Waals surface area contributed by atoms with Gasteiger partial charge in [-0.1, -0.05) is 0 Å². The van der Waals surface area contributed by atoms with Gasteiger partial charge in [0.05, 0.1) is 6.61 Å². The van der Waals surface area contributed by atoms with Crippen molar-refractivity contribution >= 4 is 0 Å². The van der Waals surface area contributed by atoms with E-state index in [9.17, 15) is 0 Å². The smallest absolute Gasteiger partial charge is 0.0558 e. The zero-order chi connectivity index (χ0) is 7.40. The molecule has 0 aliphatic carbocycles. The number of β-amino-alcohol motifs (C(OH)–C–C–N with tert-alkyl or cyclic N) is 1. The molecule has 1 atom stereocenters. The minimum Gasteiger partial charge on any atom is -0.395 e. The molecule has 0 saturated carbocycles. The van der Waals surface area contributed by atoms with Crippen LogP contribution in [0.5, 0.6) is 0 Å². The summed E-state index contributed by atoms with van der Waals surface area (Å²) in [4.78, 5) is 2.28. The van der Waals surface area contributed by atoms with E-state index in [1.54, 1.807) is 0 Å². The van der Waals surface area contributed by atoms with Gasteiger partial charge >= 0.3 is 0 Å². The van der Waals surface area contributed by atoms with Crippen molar-refractivity contribution in [3.8, 4) is 0 Å². The van der Waals surface area contributed by atoms with Gasteiger partial charge in [-0.3, -0.25) is 4.90 Å². The second-order valence-corrected chi connectivity index (χ2v) is 2.80. The van der Waals surface area contributed by atoms with Gasteiger partial charge in [0.25, 0.3) is 0 Å². The molecule has 1 heterocycles. The molecule has 0 bridgehead atoms. The van der Waals surface area contributed by atoms with Crippen molar-refractivity contribution in [3.63, 3.8) is 0 Å². The monoisotopic (exact) mass is 144 g/mol. The van der Waals surface area contributed by atoms with Crippen LogP contribution in [0.4, 0.5) is 0 Å². The highest BCUT2D eigenvalue weighted by Crippen LogP contribution is 2.06. The Labute approximate surface area is 62.0 Å². The van der Waals surface area contributed by atoms with Crippen molar-refractivity contribution in [2.45, 2.75) is 12.5 Å². The van der Waals surface area contributed by atoms with Gasteiger partial charge in [0.1, 0.15) is 0 Å². The zero-order valence-electron chi connectivity index (χ0n) is 6.51. The first kappa shape index (κ1) is 7.98. The summed E-state index contributed by atoms with van der Waals surface area (Å²) in [5, 5.41) is 11.9. The Hall–Kier alpha value is -0.120. The summed E-state index contributed by atoms with van der Waals surface area (Å²) in [6.07, 6.45) is 1.22. The molecule has 0 amide bonds. The summed E-state index contributed by atoms with van der Waals surface area (Å²) >= 11 is 0. The molecule has 1 aliphatic rings. The summed E-state index contributed by atoms with van der Waals surface area (Å²) in [5.74, 6) is 0. The van der Waals surface area contributed by atoms with Crippen LogP contribution in [-0.2, 0) is 0 Å². The summed E-state index contributed by atoms with van der Waals surface area (Å²) in [6, 6.07) is 0.645. The molecule has 1 fully saturated rings. The van der Waals surface area contributed by atoms with Crippen molar-refractivity contribution < 1.29 is 5.11 Å². The fraction of sp³-hybridized carbons (Fsp3) is 1.00. The molecule has 3 heteroatoms. The maximum Gasteiger partial charge on any atom is 0.0558 e. The van der Waals surface area contributed by atoms with Gasteiger partial charge in [0, 0.05) is 19.1 Å². The van der Waals surface area contributed by atoms with E-state index >= 15 is 0 Å². The number of aliphatic hydroxyl groups excluding tert-OH is 1. The van der Waals surface area contributed by atoms with Crippen molar-refractivity contribution in [3.05, 3.63) is 0 Å². The second kappa shape index (κ2) is 3.91. The number of hydrogen-bond acceptors (Lipinski definition) is 3. The summed E-state index contributed by atoms with van der Waals surface area (Å²) in [6.45, 7) is 3.34. The van der Waals surface area contributed by atoms with Gasteiger partial charge < -0.3 is 10.4 Å². The minimum atomic E-state index is 0.288. The quantitative estimate of drug-likeness (QED) is 0.548. The number of nitrogens with zero attached hydrogens (tertiary/aromatic N) is 1. The molecule has 10 heavy (non-hydrogen) atoms. The molecule has 0 unspecified atom stereocenters. The number of nitrogens with one attached hydrogen (secondary N) is 1. The lowest BCUT2D eigenvalue weighted by atomic mass is 10.3. The van der Waals surface area contributed by atoms with Crippen LogP contribution in [0.2, 0.25) is 0 Å². The molecule has 1 rings (SSSR count). The first-order valence-electron chi connectivity index (χ1n) is 3.87. The van der Waals surface area contributed by atoms with E-state index in [0.717, 1.165) is 19.6 Å². The molecular weight excluding hydrogens is 128 g/mol. The highest BCUT2D eigenvalue weighted by molar-refractivity contribution is 4.78. The third-order valence-corrected chi connectivity index (χ3v) is 2.10. The Balaban J connectivity index is 2.15. The molecular formula is C7H16N2O. The Morgan fingerprint density at radius 3 is 3.00 bits per heavy atom. The Morgan fingerprint density at radius 1 is 1.70 bits per heavy atom. The van der Waals surface area contributed by atoms with Gasteiger partial charge in [-0.2, -0.15) is 0 Å². The number of rotatable bonds is 3. The van der Waals surface area contributed by atoms with E-state index in [4.69, 9.17) is 5.11 Å². The number of hydrogen-bond donors (Lipinski definition) is 2. The summed E-state index contributed by atoms with van der Waals surface area (Å²) in [7, 11) is 1.99. The molecule has 0 aromatic rings. The summed E-state index contributed by atoms with van der Waals surface area (Å²) in [5.41, 5.74) is 0. The van der Waals surface area contributed by atoms with Crippen molar-refractivity contribution in [1.82, 2.24) is 10.2 Å². The fourth-order valence-electron chi connectivity index (χ4n) is 1.41. The lowest BCUT2D eigenvalue weighted by Crippen LogP contribution is -2.30. The number of likely N-dealkylation sites (tertiary alicyclic amines) is 1. The van der Waals surface area contributed by atoms with Gasteiger partial charge in [-0.15, -0.1) is 0 Å². The maximum atomic E-state index is 8.62. The van der Waals surface area contributed by atoms with Gasteiger partial charge in [-0.05, 0) is 20.0 Å². The number of likely N-dealkylation sites (N-methyl/N-ethyl adjacent to an activating group) is 1. The van der Waals surface area contributed by atoms with E-state index in [1.165, 1.54) is 6.42 Å². The third-order valence-electron chi connectivity index (χ3n) is 2.10. The largest absolute Gasteiger partial charge is 0.395 e. The number of aliphatic hydroxyl groups is 1. The normalized spacial score (nSPS) is 27.6. The van der Waals surface area contributed by atoms with E-state index < -0.39 is 0 Å². The van der Waals surface area contributed by atoms with Gasteiger partial charge in [0.15, 0.2) is 0 Å². The molecule has 3 nitrogen and oxygen atoms in total. The molecule has 0 spiro atoms. The van der Waals surface area contributed by atoms with Crippen molar-refractivity contribution in [2.24, 2.45) is 0 Å². The topological polar surface area (TPSA) is 35.5 Å². The zero-order valence-corrected chi connectivity index (χ0v) is 6.51. The average Bonchev–Trinajstić information content (AvgIpc) is 2.37. The van der Waals surface area contributed by atoms with Crippen LogP contribution in [0.3, 0.4) is 0 Å². The third kappa shape index (κ3) is 1.94. The van der Waals surface area contributed by atoms with Gasteiger partial charge in [-0.25, -0.2) is 0 Å². The second-order valence-electron chi connectivity index (χ2n) is 2.80. The van der Waals surface area contributed by atoms with Crippen LogP contribution in [0.1, 0.15) is 6.42 Å². The highest BCUT2D eigenvalue weighted by atomic mass is 16.3. The van der Waals surface area contributed by atoms with Crippen LogP contribution >= 0.6 is 0 Å². The van der Waals surface area contributed by atoms with Crippen LogP contribution in [0.15, 0.2) is 0 Å². The molecule has 2 N–H and O–H groups in total. The lowest BCUT2D eigenvalue weighted by molar-refractivity contribution is 0.219. The molecule has 0 radical (unpaired) electrons. The molecule has 1 aliphatic heterocycles. The SMILES string of the molecule is CN[C@H]1CCN(CCO)C1. The van der Waals surface area contributed by atoms with E-state index in [2.05, 4.69) is 10.2 Å². The first-order valence-corrected chi connectivity index (χ1v) is 3.87. The van der Waals surface area contributed by atoms with Crippen molar-refractivity contribution in [1.29, 1.82) is 0 Å². The van der Waals surface area contributed by atoms with Crippen LogP contribution in [0.25, 0.3) is 0 Å². The van der Waals surface area contributed by atoms with Crippen LogP contribution in [-0.4, -0.2) is 49.3 Å². The molecule has 0 aromatic carbocycles. The summed E-state index contributed by atoms with van der Waals surface area (Å²) < 4.78 is 0. The fourth-order valence-corrected chi connectivity index (χ4v) is 1.41. The first-order chi connectivity index (χ1) is 4.86. The Morgan fingerprint density at radius 2 is 2.50 bits per heavy atom. The average molecular weight is 144 g/mol. The van der Waals surface area contributed by atoms with Crippen LogP contribution in [0, 0.1) is 0 Å².